The van der Waals surface area contributed by atoms with Crippen molar-refractivity contribution < 1.29 is 13.2 Å². The summed E-state index contributed by atoms with van der Waals surface area (Å²) in [6, 6.07) is 2.53. The van der Waals surface area contributed by atoms with Crippen molar-refractivity contribution in [3.05, 3.63) is 28.8 Å². The average Bonchev–Trinajstić information content (AvgIpc) is 2.16. The van der Waals surface area contributed by atoms with Crippen LogP contribution in [-0.2, 0) is 5.33 Å². The summed E-state index contributed by atoms with van der Waals surface area (Å²) in [7, 11) is 0. The molecule has 1 aromatic heterocycles. The Morgan fingerprint density at radius 1 is 1.57 bits per heavy atom. The van der Waals surface area contributed by atoms with Crippen molar-refractivity contribution in [2.24, 2.45) is 0 Å². The van der Waals surface area contributed by atoms with Gasteiger partial charge in [-0.1, -0.05) is 15.9 Å². The van der Waals surface area contributed by atoms with Gasteiger partial charge in [0.05, 0.1) is 11.6 Å². The minimum atomic E-state index is -2.87. The molecule has 0 amide bonds. The van der Waals surface area contributed by atoms with E-state index in [9.17, 15) is 13.2 Å². The molecule has 0 aliphatic heterocycles. The van der Waals surface area contributed by atoms with Gasteiger partial charge in [-0.15, -0.1) is 0 Å². The lowest BCUT2D eigenvalue weighted by molar-refractivity contribution is 0.144. The van der Waals surface area contributed by atoms with Crippen LogP contribution in [0.4, 0.5) is 13.2 Å². The van der Waals surface area contributed by atoms with Crippen LogP contribution < -0.4 is 0 Å². The molecule has 1 heterocycles. The number of nitrogens with zero attached hydrogens (tertiary/aromatic N) is 2. The van der Waals surface area contributed by atoms with E-state index < -0.39 is 18.1 Å². The molecule has 0 fully saturated rings. The number of hydrogen-bond donors (Lipinski definition) is 0. The van der Waals surface area contributed by atoms with Crippen LogP contribution in [0.25, 0.3) is 0 Å². The first kappa shape index (κ1) is 11.0. The molecule has 0 aliphatic rings. The third kappa shape index (κ3) is 2.04. The van der Waals surface area contributed by atoms with Crippen molar-refractivity contribution >= 4 is 15.9 Å². The van der Waals surface area contributed by atoms with Crippen LogP contribution in [0.5, 0.6) is 0 Å². The molecular weight excluding hydrogens is 261 g/mol. The number of alkyl halides is 3. The van der Waals surface area contributed by atoms with Crippen molar-refractivity contribution in [3.63, 3.8) is 0 Å². The van der Waals surface area contributed by atoms with E-state index in [0.717, 1.165) is 6.07 Å². The van der Waals surface area contributed by atoms with Gasteiger partial charge in [0, 0.05) is 10.9 Å². The van der Waals surface area contributed by atoms with Gasteiger partial charge in [-0.05, 0) is 6.07 Å². The second-order valence-corrected chi connectivity index (χ2v) is 2.97. The van der Waals surface area contributed by atoms with E-state index in [4.69, 9.17) is 5.26 Å². The lowest BCUT2D eigenvalue weighted by Gasteiger charge is -2.04. The zero-order chi connectivity index (χ0) is 10.7. The number of halogens is 4. The van der Waals surface area contributed by atoms with Crippen LogP contribution >= 0.6 is 15.9 Å². The molecule has 0 N–H and O–H groups in total. The van der Waals surface area contributed by atoms with Crippen molar-refractivity contribution in [3.8, 4) is 6.07 Å². The fourth-order valence-electron chi connectivity index (χ4n) is 0.898. The van der Waals surface area contributed by atoms with E-state index in [-0.39, 0.29) is 16.5 Å². The lowest BCUT2D eigenvalue weighted by Crippen LogP contribution is -2.01. The molecule has 0 saturated heterocycles. The molecule has 0 unspecified atom stereocenters. The quantitative estimate of drug-likeness (QED) is 0.609. The first-order valence-corrected chi connectivity index (χ1v) is 4.65. The minimum Gasteiger partial charge on any atom is -0.218 e. The molecule has 0 aromatic carbocycles. The molecule has 0 radical (unpaired) electrons. The zero-order valence-electron chi connectivity index (χ0n) is 6.77. The first-order valence-electron chi connectivity index (χ1n) is 3.53. The van der Waals surface area contributed by atoms with Crippen LogP contribution in [0.1, 0.15) is 23.2 Å². The molecule has 14 heavy (non-hydrogen) atoms. The van der Waals surface area contributed by atoms with Crippen LogP contribution in [0.2, 0.25) is 0 Å². The Kier molecular flexibility index (Phi) is 3.47. The maximum atomic E-state index is 13.0. The van der Waals surface area contributed by atoms with E-state index in [2.05, 4.69) is 20.9 Å². The van der Waals surface area contributed by atoms with Crippen LogP contribution in [0.15, 0.2) is 6.07 Å². The normalized spacial score (nSPS) is 10.3. The summed E-state index contributed by atoms with van der Waals surface area (Å²) in [4.78, 5) is 3.05. The minimum absolute atomic E-state index is 0.00287. The van der Waals surface area contributed by atoms with Crippen LogP contribution in [0, 0.1) is 17.3 Å². The Balaban J connectivity index is 3.33. The summed E-state index contributed by atoms with van der Waals surface area (Å²) in [5.41, 5.74) is -0.842. The van der Waals surface area contributed by atoms with Crippen LogP contribution in [-0.4, -0.2) is 4.98 Å². The average molecular weight is 265 g/mol. The summed E-state index contributed by atoms with van der Waals surface area (Å²) >= 11 is 2.94. The summed E-state index contributed by atoms with van der Waals surface area (Å²) in [5.74, 6) is -1.03. The molecule has 2 nitrogen and oxygen atoms in total. The molecule has 0 spiro atoms. The van der Waals surface area contributed by atoms with Gasteiger partial charge >= 0.3 is 0 Å². The van der Waals surface area contributed by atoms with Crippen molar-refractivity contribution in [2.45, 2.75) is 11.8 Å². The largest absolute Gasteiger partial charge is 0.280 e. The van der Waals surface area contributed by atoms with Gasteiger partial charge < -0.3 is 0 Å². The summed E-state index contributed by atoms with van der Waals surface area (Å²) in [6.07, 6.45) is -2.87. The Hall–Kier alpha value is -1.09. The SMILES string of the molecule is N#Cc1cc(C(F)F)nc(F)c1CBr. The third-order valence-corrected chi connectivity index (χ3v) is 2.13. The topological polar surface area (TPSA) is 36.7 Å². The molecule has 0 atom stereocenters. The number of rotatable bonds is 2. The van der Waals surface area contributed by atoms with E-state index in [0.29, 0.717) is 0 Å². The Morgan fingerprint density at radius 3 is 2.64 bits per heavy atom. The summed E-state index contributed by atoms with van der Waals surface area (Å²) in [6.45, 7) is 0. The lowest BCUT2D eigenvalue weighted by atomic mass is 10.1. The highest BCUT2D eigenvalue weighted by atomic mass is 79.9. The van der Waals surface area contributed by atoms with Crippen LogP contribution in [0.3, 0.4) is 0 Å². The van der Waals surface area contributed by atoms with Gasteiger partial charge in [0.15, 0.2) is 0 Å². The smallest absolute Gasteiger partial charge is 0.218 e. The molecule has 74 valence electrons. The highest BCUT2D eigenvalue weighted by Gasteiger charge is 2.16. The van der Waals surface area contributed by atoms with E-state index in [1.54, 1.807) is 6.07 Å². The van der Waals surface area contributed by atoms with Gasteiger partial charge in [0.2, 0.25) is 5.95 Å². The van der Waals surface area contributed by atoms with Gasteiger partial charge in [-0.3, -0.25) is 0 Å². The van der Waals surface area contributed by atoms with E-state index in [1.165, 1.54) is 0 Å². The van der Waals surface area contributed by atoms with Crippen molar-refractivity contribution in [2.75, 3.05) is 0 Å². The fraction of sp³-hybridized carbons (Fsp3) is 0.250. The number of hydrogen-bond acceptors (Lipinski definition) is 2. The number of pyridine rings is 1. The van der Waals surface area contributed by atoms with Crippen molar-refractivity contribution in [1.29, 1.82) is 5.26 Å². The van der Waals surface area contributed by atoms with Gasteiger partial charge in [-0.25, -0.2) is 13.8 Å². The number of aromatic nitrogens is 1. The Labute approximate surface area is 86.5 Å². The van der Waals surface area contributed by atoms with Crippen molar-refractivity contribution in [1.82, 2.24) is 4.98 Å². The molecule has 6 heteroatoms. The summed E-state index contributed by atoms with van der Waals surface area (Å²) < 4.78 is 37.3. The summed E-state index contributed by atoms with van der Waals surface area (Å²) in [5, 5.41) is 8.64. The first-order chi connectivity index (χ1) is 6.60. The zero-order valence-corrected chi connectivity index (χ0v) is 8.35. The molecular formula is C8H4BrF3N2. The fourth-order valence-corrected chi connectivity index (χ4v) is 1.43. The predicted molar refractivity (Wildman–Crippen MR) is 46.5 cm³/mol. The maximum absolute atomic E-state index is 13.0. The Bertz CT molecular complexity index is 387. The second kappa shape index (κ2) is 4.42. The highest BCUT2D eigenvalue weighted by molar-refractivity contribution is 9.08. The monoisotopic (exact) mass is 264 g/mol. The second-order valence-electron chi connectivity index (χ2n) is 2.41. The molecule has 0 aliphatic carbocycles. The molecule has 0 bridgehead atoms. The van der Waals surface area contributed by atoms with E-state index in [1.807, 2.05) is 0 Å². The Morgan fingerprint density at radius 2 is 2.21 bits per heavy atom. The number of nitriles is 1. The van der Waals surface area contributed by atoms with Gasteiger partial charge in [0.25, 0.3) is 6.43 Å². The maximum Gasteiger partial charge on any atom is 0.280 e. The standard InChI is InChI=1S/C8H4BrF3N2/c9-2-5-4(3-13)1-6(7(10)11)14-8(5)12/h1,7H,2H2. The van der Waals surface area contributed by atoms with Gasteiger partial charge in [-0.2, -0.15) is 9.65 Å². The van der Waals surface area contributed by atoms with E-state index >= 15 is 0 Å². The molecule has 1 rings (SSSR count). The predicted octanol–water partition coefficient (Wildman–Crippen LogP) is 2.92. The molecule has 0 saturated carbocycles. The molecule has 1 aromatic rings. The highest BCUT2D eigenvalue weighted by Crippen LogP contribution is 2.22. The van der Waals surface area contributed by atoms with Gasteiger partial charge in [0.1, 0.15) is 5.69 Å². The third-order valence-electron chi connectivity index (χ3n) is 1.57.